The van der Waals surface area contributed by atoms with E-state index in [1.807, 2.05) is 47.4 Å². The molecule has 0 radical (unpaired) electrons. The first-order chi connectivity index (χ1) is 17.0. The number of methoxy groups -OCH3 is 1. The largest absolute Gasteiger partial charge is 0.497 e. The molecule has 1 N–H and O–H groups in total. The number of benzene rings is 3. The maximum Gasteiger partial charge on any atom is 0.256 e. The molecule has 6 nitrogen and oxygen atoms in total. The Kier molecular flexibility index (Phi) is 8.35. The van der Waals surface area contributed by atoms with Crippen LogP contribution < -0.4 is 15.0 Å². The smallest absolute Gasteiger partial charge is 0.256 e. The van der Waals surface area contributed by atoms with Gasteiger partial charge in [-0.25, -0.2) is 0 Å². The number of ether oxygens (including phenoxy) is 1. The van der Waals surface area contributed by atoms with Gasteiger partial charge in [0.15, 0.2) is 5.11 Å². The van der Waals surface area contributed by atoms with Gasteiger partial charge in [0.25, 0.3) is 5.91 Å². The van der Waals surface area contributed by atoms with Gasteiger partial charge in [-0.2, -0.15) is 0 Å². The maximum atomic E-state index is 13.5. The zero-order valence-electron chi connectivity index (χ0n) is 19.3. The fraction of sp³-hybridized carbons (Fsp3) is 0.222. The molecule has 1 aliphatic heterocycles. The molecule has 1 aliphatic rings. The Morgan fingerprint density at radius 3 is 2.37 bits per heavy atom. The lowest BCUT2D eigenvalue weighted by Gasteiger charge is -2.24. The zero-order valence-corrected chi connectivity index (χ0v) is 22.3. The van der Waals surface area contributed by atoms with Gasteiger partial charge in [0.1, 0.15) is 11.8 Å². The molecule has 1 unspecified atom stereocenters. The summed E-state index contributed by atoms with van der Waals surface area (Å²) in [5, 5.41) is 3.32. The summed E-state index contributed by atoms with van der Waals surface area (Å²) >= 11 is 7.97. The van der Waals surface area contributed by atoms with Crippen molar-refractivity contribution in [3.63, 3.8) is 0 Å². The SMILES string of the molecule is COc1ccc(N2C(=O)C(CC(=O)Nc3ccc(I)cc3)N(CCCc3ccccc3)C2=S)cc1. The van der Waals surface area contributed by atoms with E-state index in [9.17, 15) is 9.59 Å². The summed E-state index contributed by atoms with van der Waals surface area (Å²) in [6.07, 6.45) is 1.68. The number of amides is 2. The third-order valence-electron chi connectivity index (χ3n) is 5.86. The Hall–Kier alpha value is -2.98. The molecule has 180 valence electrons. The summed E-state index contributed by atoms with van der Waals surface area (Å²) in [6.45, 7) is 0.577. The van der Waals surface area contributed by atoms with Crippen LogP contribution in [0.3, 0.4) is 0 Å². The Labute approximate surface area is 224 Å². The third kappa shape index (κ3) is 6.18. The molecular weight excluding hydrogens is 573 g/mol. The third-order valence-corrected chi connectivity index (χ3v) is 7.00. The van der Waals surface area contributed by atoms with Crippen molar-refractivity contribution in [2.24, 2.45) is 0 Å². The molecule has 1 atom stereocenters. The van der Waals surface area contributed by atoms with Crippen LogP contribution >= 0.6 is 34.8 Å². The number of carbonyl (C=O) groups is 2. The van der Waals surface area contributed by atoms with E-state index in [2.05, 4.69) is 40.0 Å². The van der Waals surface area contributed by atoms with Crippen molar-refractivity contribution >= 4 is 63.1 Å². The first-order valence-corrected chi connectivity index (χ1v) is 12.8. The minimum absolute atomic E-state index is 0.0168. The summed E-state index contributed by atoms with van der Waals surface area (Å²) < 4.78 is 6.32. The zero-order chi connectivity index (χ0) is 24.8. The van der Waals surface area contributed by atoms with Gasteiger partial charge >= 0.3 is 0 Å². The number of hydrogen-bond donors (Lipinski definition) is 1. The monoisotopic (exact) mass is 599 g/mol. The fourth-order valence-electron chi connectivity index (χ4n) is 4.08. The van der Waals surface area contributed by atoms with Crippen LogP contribution in [0.5, 0.6) is 5.75 Å². The van der Waals surface area contributed by atoms with Crippen LogP contribution in [0.15, 0.2) is 78.9 Å². The lowest BCUT2D eigenvalue weighted by molar-refractivity contribution is -0.124. The van der Waals surface area contributed by atoms with E-state index in [0.717, 1.165) is 16.4 Å². The van der Waals surface area contributed by atoms with Crippen molar-refractivity contribution in [2.75, 3.05) is 23.9 Å². The first-order valence-electron chi connectivity index (χ1n) is 11.3. The van der Waals surface area contributed by atoms with Gasteiger partial charge in [0.05, 0.1) is 19.2 Å². The minimum atomic E-state index is -0.663. The highest BCUT2D eigenvalue weighted by atomic mass is 127. The van der Waals surface area contributed by atoms with Crippen LogP contribution in [0.4, 0.5) is 11.4 Å². The molecule has 0 aliphatic carbocycles. The highest BCUT2D eigenvalue weighted by Crippen LogP contribution is 2.29. The maximum absolute atomic E-state index is 13.5. The first kappa shape index (κ1) is 25.1. The van der Waals surface area contributed by atoms with E-state index < -0.39 is 6.04 Å². The van der Waals surface area contributed by atoms with E-state index in [0.29, 0.717) is 28.8 Å². The highest BCUT2D eigenvalue weighted by Gasteiger charge is 2.43. The standard InChI is InChI=1S/C27H26IN3O3S/c1-34-23-15-13-22(14-16-23)31-26(33)24(18-25(32)29-21-11-9-20(28)10-12-21)30(27(31)35)17-5-8-19-6-3-2-4-7-19/h2-4,6-7,9-16,24H,5,8,17-18H2,1H3,(H,29,32). The lowest BCUT2D eigenvalue weighted by Crippen LogP contribution is -2.38. The number of carbonyl (C=O) groups excluding carboxylic acids is 2. The number of hydrogen-bond acceptors (Lipinski definition) is 4. The molecule has 0 bridgehead atoms. The minimum Gasteiger partial charge on any atom is -0.497 e. The lowest BCUT2D eigenvalue weighted by atomic mass is 10.1. The second-order valence-electron chi connectivity index (χ2n) is 8.21. The molecule has 0 spiro atoms. The van der Waals surface area contributed by atoms with E-state index in [1.54, 1.807) is 31.4 Å². The quantitative estimate of drug-likeness (QED) is 0.269. The van der Waals surface area contributed by atoms with Gasteiger partial charge in [-0.3, -0.25) is 14.5 Å². The molecule has 0 aromatic heterocycles. The normalized spacial score (nSPS) is 15.4. The van der Waals surface area contributed by atoms with E-state index in [-0.39, 0.29) is 18.2 Å². The van der Waals surface area contributed by atoms with E-state index in [1.165, 1.54) is 10.5 Å². The second-order valence-corrected chi connectivity index (χ2v) is 9.82. The summed E-state index contributed by atoms with van der Waals surface area (Å²) in [5.41, 5.74) is 2.59. The van der Waals surface area contributed by atoms with Crippen molar-refractivity contribution in [3.05, 3.63) is 88.0 Å². The average molecular weight is 599 g/mol. The Bertz CT molecular complexity index is 1190. The Morgan fingerprint density at radius 1 is 1.03 bits per heavy atom. The van der Waals surface area contributed by atoms with Crippen LogP contribution in [0.2, 0.25) is 0 Å². The second kappa shape index (κ2) is 11.6. The van der Waals surface area contributed by atoms with Crippen LogP contribution in [-0.4, -0.2) is 41.5 Å². The number of halogens is 1. The number of rotatable bonds is 9. The van der Waals surface area contributed by atoms with Crippen LogP contribution in [0.25, 0.3) is 0 Å². The topological polar surface area (TPSA) is 61.9 Å². The molecule has 3 aromatic carbocycles. The Balaban J connectivity index is 1.51. The van der Waals surface area contributed by atoms with E-state index in [4.69, 9.17) is 17.0 Å². The van der Waals surface area contributed by atoms with Gasteiger partial charge in [0, 0.05) is 15.8 Å². The van der Waals surface area contributed by atoms with E-state index >= 15 is 0 Å². The van der Waals surface area contributed by atoms with Gasteiger partial charge < -0.3 is 15.0 Å². The molecule has 35 heavy (non-hydrogen) atoms. The molecule has 3 aromatic rings. The van der Waals surface area contributed by atoms with Crippen LogP contribution in [-0.2, 0) is 16.0 Å². The number of nitrogens with one attached hydrogen (secondary N) is 1. The van der Waals surface area contributed by atoms with Gasteiger partial charge in [0.2, 0.25) is 5.91 Å². The summed E-state index contributed by atoms with van der Waals surface area (Å²) in [7, 11) is 1.59. The summed E-state index contributed by atoms with van der Waals surface area (Å²) in [4.78, 5) is 29.8. The van der Waals surface area contributed by atoms with Gasteiger partial charge in [-0.05, 0) is 102 Å². The van der Waals surface area contributed by atoms with Crippen molar-refractivity contribution < 1.29 is 14.3 Å². The predicted octanol–water partition coefficient (Wildman–Crippen LogP) is 5.26. The van der Waals surface area contributed by atoms with Crippen LogP contribution in [0, 0.1) is 3.57 Å². The molecule has 8 heteroatoms. The highest BCUT2D eigenvalue weighted by molar-refractivity contribution is 14.1. The Morgan fingerprint density at radius 2 is 1.71 bits per heavy atom. The number of thiocarbonyl (C=S) groups is 1. The summed E-state index contributed by atoms with van der Waals surface area (Å²) in [6, 6.07) is 24.3. The van der Waals surface area contributed by atoms with Gasteiger partial charge in [-0.15, -0.1) is 0 Å². The molecule has 1 saturated heterocycles. The van der Waals surface area contributed by atoms with Crippen molar-refractivity contribution in [1.82, 2.24) is 4.90 Å². The van der Waals surface area contributed by atoms with Crippen LogP contribution in [0.1, 0.15) is 18.4 Å². The molecular formula is C27H26IN3O3S. The average Bonchev–Trinajstić information content (AvgIpc) is 3.10. The van der Waals surface area contributed by atoms with Crippen molar-refractivity contribution in [2.45, 2.75) is 25.3 Å². The van der Waals surface area contributed by atoms with Crippen molar-refractivity contribution in [3.8, 4) is 5.75 Å². The molecule has 1 heterocycles. The summed E-state index contributed by atoms with van der Waals surface area (Å²) in [5.74, 6) is 0.272. The molecule has 0 saturated carbocycles. The van der Waals surface area contributed by atoms with Crippen molar-refractivity contribution in [1.29, 1.82) is 0 Å². The molecule has 1 fully saturated rings. The fourth-order valence-corrected chi connectivity index (χ4v) is 4.85. The number of anilines is 2. The molecule has 4 rings (SSSR count). The number of nitrogens with zero attached hydrogens (tertiary/aromatic N) is 2. The van der Waals surface area contributed by atoms with Gasteiger partial charge in [-0.1, -0.05) is 30.3 Å². The molecule has 2 amide bonds. The number of aryl methyl sites for hydroxylation is 1. The predicted molar refractivity (Wildman–Crippen MR) is 151 cm³/mol.